The summed E-state index contributed by atoms with van der Waals surface area (Å²) in [5.74, 6) is 0.164. The summed E-state index contributed by atoms with van der Waals surface area (Å²) in [6.45, 7) is 0.391. The van der Waals surface area contributed by atoms with Gasteiger partial charge in [0.05, 0.1) is 18.1 Å². The fraction of sp³-hybridized carbons (Fsp3) is 0.105. The van der Waals surface area contributed by atoms with Crippen molar-refractivity contribution >= 4 is 43.2 Å². The van der Waals surface area contributed by atoms with Crippen molar-refractivity contribution in [2.75, 3.05) is 11.8 Å². The standard InChI is InChI=1S/C19H16BrClN2O4S/c1-27-19-16(20)10-14(21)11-17(19)28(25,26)22-15-7-5-13(6-8-15)12-23-9-3-2-4-18(23)24/h2-11,22H,12H2,1H3. The Morgan fingerprint density at radius 1 is 1.14 bits per heavy atom. The SMILES string of the molecule is COc1c(Br)cc(Cl)cc1S(=O)(=O)Nc1ccc(Cn2ccccc2=O)cc1. The summed E-state index contributed by atoms with van der Waals surface area (Å²) in [6, 6.07) is 14.6. The number of nitrogens with zero attached hydrogens (tertiary/aromatic N) is 1. The lowest BCUT2D eigenvalue weighted by atomic mass is 10.2. The smallest absolute Gasteiger partial charge is 0.265 e. The predicted molar refractivity (Wildman–Crippen MR) is 113 cm³/mol. The summed E-state index contributed by atoms with van der Waals surface area (Å²) in [5, 5.41) is 0.261. The largest absolute Gasteiger partial charge is 0.494 e. The first kappa shape index (κ1) is 20.4. The molecule has 1 aromatic heterocycles. The minimum atomic E-state index is -3.92. The van der Waals surface area contributed by atoms with Crippen molar-refractivity contribution in [2.45, 2.75) is 11.4 Å². The Balaban J connectivity index is 1.84. The second-order valence-corrected chi connectivity index (χ2v) is 8.83. The molecular formula is C19H16BrClN2O4S. The van der Waals surface area contributed by atoms with Gasteiger partial charge in [-0.15, -0.1) is 0 Å². The zero-order valence-electron chi connectivity index (χ0n) is 14.7. The summed E-state index contributed by atoms with van der Waals surface area (Å²) < 4.78 is 35.3. The molecule has 0 unspecified atom stereocenters. The molecule has 1 N–H and O–H groups in total. The Morgan fingerprint density at radius 3 is 2.50 bits per heavy atom. The summed E-state index contributed by atoms with van der Waals surface area (Å²) in [6.07, 6.45) is 1.70. The highest BCUT2D eigenvalue weighted by Gasteiger charge is 2.22. The quantitative estimate of drug-likeness (QED) is 0.572. The number of ether oxygens (including phenoxy) is 1. The highest BCUT2D eigenvalue weighted by atomic mass is 79.9. The van der Waals surface area contributed by atoms with E-state index in [-0.39, 0.29) is 21.2 Å². The number of hydrogen-bond acceptors (Lipinski definition) is 4. The van der Waals surface area contributed by atoms with Gasteiger partial charge in [-0.05, 0) is 51.8 Å². The molecule has 28 heavy (non-hydrogen) atoms. The molecule has 9 heteroatoms. The van der Waals surface area contributed by atoms with Gasteiger partial charge in [0, 0.05) is 23.0 Å². The molecule has 3 rings (SSSR count). The van der Waals surface area contributed by atoms with Crippen molar-refractivity contribution in [3.05, 3.63) is 86.2 Å². The molecule has 0 amide bonds. The predicted octanol–water partition coefficient (Wildman–Crippen LogP) is 4.12. The highest BCUT2D eigenvalue weighted by molar-refractivity contribution is 9.10. The zero-order chi connectivity index (χ0) is 20.3. The van der Waals surface area contributed by atoms with Crippen molar-refractivity contribution in [1.82, 2.24) is 4.57 Å². The Morgan fingerprint density at radius 2 is 1.86 bits per heavy atom. The van der Waals surface area contributed by atoms with Crippen molar-refractivity contribution < 1.29 is 13.2 Å². The van der Waals surface area contributed by atoms with E-state index in [2.05, 4.69) is 20.7 Å². The fourth-order valence-electron chi connectivity index (χ4n) is 2.61. The van der Waals surface area contributed by atoms with E-state index in [4.69, 9.17) is 16.3 Å². The van der Waals surface area contributed by atoms with Gasteiger partial charge >= 0.3 is 0 Å². The molecule has 0 aliphatic heterocycles. The van der Waals surface area contributed by atoms with Gasteiger partial charge < -0.3 is 9.30 Å². The molecule has 0 aliphatic rings. The number of anilines is 1. The number of hydrogen-bond donors (Lipinski definition) is 1. The number of halogens is 2. The molecular weight excluding hydrogens is 468 g/mol. The van der Waals surface area contributed by atoms with E-state index >= 15 is 0 Å². The van der Waals surface area contributed by atoms with E-state index in [0.717, 1.165) is 5.56 Å². The first-order valence-corrected chi connectivity index (χ1v) is 10.8. The molecule has 0 saturated heterocycles. The summed E-state index contributed by atoms with van der Waals surface area (Å²) in [5.41, 5.74) is 1.13. The average molecular weight is 484 g/mol. The lowest BCUT2D eigenvalue weighted by Gasteiger charge is -2.14. The number of pyridine rings is 1. The van der Waals surface area contributed by atoms with E-state index < -0.39 is 10.0 Å². The van der Waals surface area contributed by atoms with Crippen LogP contribution in [0.4, 0.5) is 5.69 Å². The Hall–Kier alpha value is -2.29. The van der Waals surface area contributed by atoms with Gasteiger partial charge in [-0.1, -0.05) is 29.8 Å². The van der Waals surface area contributed by atoms with Crippen molar-refractivity contribution in [3.63, 3.8) is 0 Å². The average Bonchev–Trinajstić information content (AvgIpc) is 2.64. The number of sulfonamides is 1. The van der Waals surface area contributed by atoms with E-state index in [1.807, 2.05) is 0 Å². The maximum atomic E-state index is 12.8. The maximum Gasteiger partial charge on any atom is 0.265 e. The number of rotatable bonds is 6. The third-order valence-corrected chi connectivity index (χ3v) is 6.12. The van der Waals surface area contributed by atoms with Crippen LogP contribution in [-0.2, 0) is 16.6 Å². The minimum Gasteiger partial charge on any atom is -0.494 e. The Bertz CT molecular complexity index is 1160. The van der Waals surface area contributed by atoms with Gasteiger partial charge in [-0.25, -0.2) is 8.42 Å². The van der Waals surface area contributed by atoms with Crippen LogP contribution < -0.4 is 15.0 Å². The zero-order valence-corrected chi connectivity index (χ0v) is 17.9. The van der Waals surface area contributed by atoms with Gasteiger partial charge in [-0.3, -0.25) is 9.52 Å². The van der Waals surface area contributed by atoms with Crippen molar-refractivity contribution in [2.24, 2.45) is 0 Å². The van der Waals surface area contributed by atoms with Gasteiger partial charge in [0.25, 0.3) is 15.6 Å². The van der Waals surface area contributed by atoms with Gasteiger partial charge in [0.15, 0.2) is 5.75 Å². The van der Waals surface area contributed by atoms with E-state index in [0.29, 0.717) is 16.7 Å². The number of nitrogens with one attached hydrogen (secondary N) is 1. The second-order valence-electron chi connectivity index (χ2n) is 5.89. The second kappa shape index (κ2) is 8.38. The van der Waals surface area contributed by atoms with Gasteiger partial charge in [0.1, 0.15) is 4.90 Å². The van der Waals surface area contributed by atoms with E-state index in [1.165, 1.54) is 19.2 Å². The van der Waals surface area contributed by atoms with Crippen LogP contribution >= 0.6 is 27.5 Å². The highest BCUT2D eigenvalue weighted by Crippen LogP contribution is 2.36. The van der Waals surface area contributed by atoms with Crippen LogP contribution in [0.1, 0.15) is 5.56 Å². The Kier molecular flexibility index (Phi) is 6.12. The van der Waals surface area contributed by atoms with Crippen LogP contribution in [0.2, 0.25) is 5.02 Å². The molecule has 0 aliphatic carbocycles. The van der Waals surface area contributed by atoms with Crippen LogP contribution in [0.5, 0.6) is 5.75 Å². The number of methoxy groups -OCH3 is 1. The normalized spacial score (nSPS) is 11.2. The molecule has 3 aromatic rings. The number of benzene rings is 2. The summed E-state index contributed by atoms with van der Waals surface area (Å²) >= 11 is 9.25. The van der Waals surface area contributed by atoms with Crippen LogP contribution in [-0.4, -0.2) is 20.1 Å². The molecule has 146 valence electrons. The molecule has 0 bridgehead atoms. The molecule has 1 heterocycles. The molecule has 2 aromatic carbocycles. The van der Waals surface area contributed by atoms with Crippen LogP contribution in [0.25, 0.3) is 0 Å². The van der Waals surface area contributed by atoms with Crippen LogP contribution in [0, 0.1) is 0 Å². The summed E-state index contributed by atoms with van der Waals surface area (Å²) in [4.78, 5) is 11.7. The van der Waals surface area contributed by atoms with Gasteiger partial charge in [0.2, 0.25) is 0 Å². The fourth-order valence-corrected chi connectivity index (χ4v) is 5.05. The number of aromatic nitrogens is 1. The van der Waals surface area contributed by atoms with E-state index in [1.54, 1.807) is 53.2 Å². The molecule has 0 atom stereocenters. The molecule has 0 spiro atoms. The maximum absolute atomic E-state index is 12.8. The van der Waals surface area contributed by atoms with Crippen LogP contribution in [0.15, 0.2) is 75.0 Å². The molecule has 0 saturated carbocycles. The lowest BCUT2D eigenvalue weighted by Crippen LogP contribution is -2.18. The molecule has 6 nitrogen and oxygen atoms in total. The monoisotopic (exact) mass is 482 g/mol. The van der Waals surface area contributed by atoms with Crippen LogP contribution in [0.3, 0.4) is 0 Å². The lowest BCUT2D eigenvalue weighted by molar-refractivity contribution is 0.400. The third kappa shape index (κ3) is 4.57. The first-order chi connectivity index (χ1) is 13.3. The van der Waals surface area contributed by atoms with Crippen molar-refractivity contribution in [3.8, 4) is 5.75 Å². The topological polar surface area (TPSA) is 77.4 Å². The first-order valence-electron chi connectivity index (χ1n) is 8.10. The van der Waals surface area contributed by atoms with Gasteiger partial charge in [-0.2, -0.15) is 0 Å². The minimum absolute atomic E-state index is 0.0747. The molecule has 0 fully saturated rings. The summed E-state index contributed by atoms with van der Waals surface area (Å²) in [7, 11) is -2.54. The van der Waals surface area contributed by atoms with E-state index in [9.17, 15) is 13.2 Å². The Labute approximate surface area is 175 Å². The third-order valence-electron chi connectivity index (χ3n) is 3.93. The molecule has 0 radical (unpaired) electrons. The van der Waals surface area contributed by atoms with Crippen molar-refractivity contribution in [1.29, 1.82) is 0 Å².